The van der Waals surface area contributed by atoms with E-state index in [9.17, 15) is 9.90 Å². The minimum atomic E-state index is -1.19. The molecule has 1 unspecified atom stereocenters. The normalized spacial score (nSPS) is 15.1. The first kappa shape index (κ1) is 12.7. The van der Waals surface area contributed by atoms with Crippen molar-refractivity contribution in [1.29, 1.82) is 0 Å². The van der Waals surface area contributed by atoms with Gasteiger partial charge >= 0.3 is 5.97 Å². The van der Waals surface area contributed by atoms with Crippen molar-refractivity contribution in [2.75, 3.05) is 6.61 Å². The van der Waals surface area contributed by atoms with Crippen molar-refractivity contribution in [2.45, 2.75) is 44.6 Å². The Bertz CT molecular complexity index is 150. The van der Waals surface area contributed by atoms with E-state index in [2.05, 4.69) is 4.74 Å². The predicted molar refractivity (Wildman–Crippen MR) is 51.8 cm³/mol. The Kier molecular flexibility index (Phi) is 7.00. The molecule has 0 aromatic carbocycles. The summed E-state index contributed by atoms with van der Waals surface area (Å²) < 4.78 is 4.63. The fraction of sp³-hybridized carbons (Fsp3) is 0.889. The quantitative estimate of drug-likeness (QED) is 0.534. The van der Waals surface area contributed by atoms with Crippen molar-refractivity contribution < 1.29 is 14.6 Å². The van der Waals surface area contributed by atoms with Crippen molar-refractivity contribution in [3.8, 4) is 0 Å². The van der Waals surface area contributed by atoms with E-state index in [-0.39, 0.29) is 6.61 Å². The van der Waals surface area contributed by atoms with Gasteiger partial charge in [-0.15, -0.1) is 11.6 Å². The summed E-state index contributed by atoms with van der Waals surface area (Å²) in [5, 5.41) is 8.81. The van der Waals surface area contributed by atoms with Crippen molar-refractivity contribution >= 4 is 17.6 Å². The van der Waals surface area contributed by atoms with Crippen molar-refractivity contribution in [3.63, 3.8) is 0 Å². The van der Waals surface area contributed by atoms with Crippen LogP contribution in [0.15, 0.2) is 0 Å². The summed E-state index contributed by atoms with van der Waals surface area (Å²) in [5.41, 5.74) is 0. The first-order chi connectivity index (χ1) is 6.13. The van der Waals surface area contributed by atoms with E-state index in [1.165, 1.54) is 0 Å². The Morgan fingerprint density at radius 2 is 2.15 bits per heavy atom. The summed E-state index contributed by atoms with van der Waals surface area (Å²) in [5.74, 6) is -0.626. The van der Waals surface area contributed by atoms with Crippen LogP contribution in [-0.4, -0.2) is 29.2 Å². The minimum absolute atomic E-state index is 0.271. The summed E-state index contributed by atoms with van der Waals surface area (Å²) in [7, 11) is 0. The molecule has 0 aromatic rings. The molecule has 0 aromatic heterocycles. The maximum absolute atomic E-state index is 11.0. The maximum atomic E-state index is 11.0. The number of carbonyl (C=O) groups excluding carboxylic acids is 1. The fourth-order valence-electron chi connectivity index (χ4n) is 0.932. The number of esters is 1. The lowest BCUT2D eigenvalue weighted by atomic mass is 10.1. The molecule has 0 heterocycles. The lowest BCUT2D eigenvalue weighted by Gasteiger charge is -2.14. The lowest BCUT2D eigenvalue weighted by Crippen LogP contribution is -2.32. The SMILES string of the molecule is CCCCC(Cl)[C@@H](O)C(=O)OCC. The first-order valence-corrected chi connectivity index (χ1v) is 5.05. The Hall–Kier alpha value is -0.280. The third-order valence-corrected chi connectivity index (χ3v) is 2.16. The third kappa shape index (κ3) is 5.11. The van der Waals surface area contributed by atoms with E-state index < -0.39 is 17.5 Å². The van der Waals surface area contributed by atoms with E-state index >= 15 is 0 Å². The van der Waals surface area contributed by atoms with E-state index in [0.717, 1.165) is 12.8 Å². The van der Waals surface area contributed by atoms with Crippen LogP contribution in [0.2, 0.25) is 0 Å². The summed E-state index contributed by atoms with van der Waals surface area (Å²) >= 11 is 5.79. The fourth-order valence-corrected chi connectivity index (χ4v) is 1.19. The molecule has 0 aliphatic heterocycles. The monoisotopic (exact) mass is 208 g/mol. The van der Waals surface area contributed by atoms with Crippen LogP contribution in [0.4, 0.5) is 0 Å². The standard InChI is InChI=1S/C9H17ClO3/c1-3-5-6-7(10)8(11)9(12)13-4-2/h7-8,11H,3-6H2,1-2H3/t7?,8-/m1/s1. The molecule has 78 valence electrons. The smallest absolute Gasteiger partial charge is 0.336 e. The number of aliphatic hydroxyl groups excluding tert-OH is 1. The summed E-state index contributed by atoms with van der Waals surface area (Å²) in [4.78, 5) is 11.0. The van der Waals surface area contributed by atoms with Crippen molar-refractivity contribution in [3.05, 3.63) is 0 Å². The van der Waals surface area contributed by atoms with Gasteiger partial charge in [-0.25, -0.2) is 4.79 Å². The summed E-state index contributed by atoms with van der Waals surface area (Å²) in [6, 6.07) is 0. The van der Waals surface area contributed by atoms with Crippen LogP contribution in [0.1, 0.15) is 33.1 Å². The lowest BCUT2D eigenvalue weighted by molar-refractivity contribution is -0.153. The highest BCUT2D eigenvalue weighted by molar-refractivity contribution is 6.22. The number of halogens is 1. The molecule has 0 rings (SSSR count). The minimum Gasteiger partial charge on any atom is -0.464 e. The van der Waals surface area contributed by atoms with Crippen molar-refractivity contribution in [1.82, 2.24) is 0 Å². The number of carbonyl (C=O) groups is 1. The van der Waals surface area contributed by atoms with Gasteiger partial charge in [-0.1, -0.05) is 19.8 Å². The molecule has 2 atom stereocenters. The van der Waals surface area contributed by atoms with E-state index in [1.807, 2.05) is 6.92 Å². The molecule has 4 heteroatoms. The van der Waals surface area contributed by atoms with Crippen molar-refractivity contribution in [2.24, 2.45) is 0 Å². The predicted octanol–water partition coefficient (Wildman–Crippen LogP) is 1.71. The van der Waals surface area contributed by atoms with Gasteiger partial charge in [-0.2, -0.15) is 0 Å². The molecular weight excluding hydrogens is 192 g/mol. The van der Waals surface area contributed by atoms with Crippen LogP contribution in [-0.2, 0) is 9.53 Å². The zero-order chi connectivity index (χ0) is 10.3. The molecular formula is C9H17ClO3. The third-order valence-electron chi connectivity index (χ3n) is 1.70. The Balaban J connectivity index is 3.79. The number of hydrogen-bond acceptors (Lipinski definition) is 3. The highest BCUT2D eigenvalue weighted by Crippen LogP contribution is 2.12. The van der Waals surface area contributed by atoms with Gasteiger partial charge in [0.1, 0.15) is 0 Å². The number of rotatable bonds is 6. The van der Waals surface area contributed by atoms with E-state index in [1.54, 1.807) is 6.92 Å². The average Bonchev–Trinajstić information content (AvgIpc) is 2.13. The highest BCUT2D eigenvalue weighted by Gasteiger charge is 2.24. The average molecular weight is 209 g/mol. The molecule has 0 bridgehead atoms. The second-order valence-electron chi connectivity index (χ2n) is 2.86. The number of ether oxygens (including phenoxy) is 1. The zero-order valence-corrected chi connectivity index (χ0v) is 8.88. The molecule has 3 nitrogen and oxygen atoms in total. The van der Waals surface area contributed by atoms with Gasteiger partial charge in [0.15, 0.2) is 6.10 Å². The molecule has 13 heavy (non-hydrogen) atoms. The van der Waals surface area contributed by atoms with E-state index in [0.29, 0.717) is 6.42 Å². The molecule has 0 amide bonds. The Morgan fingerprint density at radius 1 is 1.54 bits per heavy atom. The Labute approximate surface area is 84.0 Å². The molecule has 0 aliphatic rings. The number of unbranched alkanes of at least 4 members (excludes halogenated alkanes) is 1. The maximum Gasteiger partial charge on any atom is 0.336 e. The summed E-state index contributed by atoms with van der Waals surface area (Å²) in [6.07, 6.45) is 1.36. The van der Waals surface area contributed by atoms with Gasteiger partial charge in [0.25, 0.3) is 0 Å². The second-order valence-corrected chi connectivity index (χ2v) is 3.42. The zero-order valence-electron chi connectivity index (χ0n) is 8.12. The highest BCUT2D eigenvalue weighted by atomic mass is 35.5. The number of hydrogen-bond donors (Lipinski definition) is 1. The van der Waals surface area contributed by atoms with Gasteiger partial charge in [0.05, 0.1) is 12.0 Å². The molecule has 0 fully saturated rings. The molecule has 0 saturated carbocycles. The van der Waals surface area contributed by atoms with Crippen LogP contribution in [0.25, 0.3) is 0 Å². The topological polar surface area (TPSA) is 46.5 Å². The Morgan fingerprint density at radius 3 is 2.62 bits per heavy atom. The van der Waals surface area contributed by atoms with Gasteiger partial charge in [-0.05, 0) is 13.3 Å². The largest absolute Gasteiger partial charge is 0.464 e. The number of aliphatic hydroxyl groups is 1. The first-order valence-electron chi connectivity index (χ1n) is 4.62. The molecule has 1 N–H and O–H groups in total. The van der Waals surface area contributed by atoms with Gasteiger partial charge in [0.2, 0.25) is 0 Å². The molecule has 0 aliphatic carbocycles. The molecule has 0 saturated heterocycles. The van der Waals surface area contributed by atoms with Gasteiger partial charge in [0, 0.05) is 0 Å². The van der Waals surface area contributed by atoms with Crippen LogP contribution in [0.3, 0.4) is 0 Å². The second kappa shape index (κ2) is 7.15. The number of alkyl halides is 1. The van der Waals surface area contributed by atoms with E-state index in [4.69, 9.17) is 11.6 Å². The van der Waals surface area contributed by atoms with Crippen LogP contribution in [0, 0.1) is 0 Å². The van der Waals surface area contributed by atoms with Gasteiger partial charge in [-0.3, -0.25) is 0 Å². The summed E-state index contributed by atoms with van der Waals surface area (Å²) in [6.45, 7) is 3.99. The molecule has 0 spiro atoms. The van der Waals surface area contributed by atoms with Gasteiger partial charge < -0.3 is 9.84 Å². The molecule has 0 radical (unpaired) electrons. The van der Waals surface area contributed by atoms with Crippen LogP contribution in [0.5, 0.6) is 0 Å². The van der Waals surface area contributed by atoms with Crippen LogP contribution < -0.4 is 0 Å². The van der Waals surface area contributed by atoms with Crippen LogP contribution >= 0.6 is 11.6 Å².